The number of nitrogens with two attached hydrogens (primary N) is 1. The number of rotatable bonds is 1. The molecule has 0 saturated carbocycles. The molecule has 6 heteroatoms. The van der Waals surface area contributed by atoms with Crippen LogP contribution in [-0.2, 0) is 9.59 Å². The van der Waals surface area contributed by atoms with E-state index in [9.17, 15) is 4.79 Å². The summed E-state index contributed by atoms with van der Waals surface area (Å²) in [5.74, 6) is -1.65. The Balaban J connectivity index is -0.000000117. The first-order valence-corrected chi connectivity index (χ1v) is 3.09. The Morgan fingerprint density at radius 2 is 1.46 bits per heavy atom. The molecule has 0 bridgehead atoms. The van der Waals surface area contributed by atoms with Crippen LogP contribution in [0.25, 0.3) is 0 Å². The fourth-order valence-corrected chi connectivity index (χ4v) is 0. The van der Waals surface area contributed by atoms with Gasteiger partial charge in [0.15, 0.2) is 0 Å². The van der Waals surface area contributed by atoms with Crippen LogP contribution in [0.5, 0.6) is 0 Å². The summed E-state index contributed by atoms with van der Waals surface area (Å²) in [5, 5.41) is 21.3. The Morgan fingerprint density at radius 1 is 1.38 bits per heavy atom. The summed E-state index contributed by atoms with van der Waals surface area (Å²) in [6.07, 6.45) is 0.833. The van der Waals surface area contributed by atoms with Crippen LogP contribution in [0.3, 0.4) is 0 Å². The standard InChI is InChI=1S/C3H4O2.C2H6N2.C2H4O2/c1-2-3(4)5;2*1-2(3)4/h2H,1H2,(H,4,5);1H3,(H3,3,4);1H3,(H,3,4). The zero-order chi connectivity index (χ0) is 11.4. The molecule has 0 radical (unpaired) electrons. The fourth-order valence-electron chi connectivity index (χ4n) is 0. The Hall–Kier alpha value is -1.85. The lowest BCUT2D eigenvalue weighted by Gasteiger charge is -1.66. The van der Waals surface area contributed by atoms with E-state index in [0.29, 0.717) is 0 Å². The van der Waals surface area contributed by atoms with Gasteiger partial charge in [-0.2, -0.15) is 0 Å². The van der Waals surface area contributed by atoms with Crippen molar-refractivity contribution in [2.24, 2.45) is 5.73 Å². The van der Waals surface area contributed by atoms with Crippen molar-refractivity contribution in [2.75, 3.05) is 0 Å². The number of amidine groups is 1. The third-order valence-corrected chi connectivity index (χ3v) is 0.175. The van der Waals surface area contributed by atoms with Gasteiger partial charge in [-0.1, -0.05) is 6.58 Å². The first-order chi connectivity index (χ1) is 5.73. The number of aliphatic carboxylic acids is 2. The molecule has 0 unspecified atom stereocenters. The zero-order valence-corrected chi connectivity index (χ0v) is 7.57. The van der Waals surface area contributed by atoms with Gasteiger partial charge in [0, 0.05) is 13.0 Å². The monoisotopic (exact) mass is 190 g/mol. The van der Waals surface area contributed by atoms with Crippen molar-refractivity contribution in [3.05, 3.63) is 12.7 Å². The molecule has 0 amide bonds. The highest BCUT2D eigenvalue weighted by Crippen LogP contribution is 1.54. The third kappa shape index (κ3) is 30000. The summed E-state index contributed by atoms with van der Waals surface area (Å²) in [7, 11) is 0. The molecule has 76 valence electrons. The van der Waals surface area contributed by atoms with Gasteiger partial charge < -0.3 is 15.9 Å². The van der Waals surface area contributed by atoms with Crippen LogP contribution >= 0.6 is 0 Å². The number of carbonyl (C=O) groups is 2. The highest BCUT2D eigenvalue weighted by molar-refractivity contribution is 5.78. The van der Waals surface area contributed by atoms with E-state index in [4.69, 9.17) is 26.2 Å². The van der Waals surface area contributed by atoms with Gasteiger partial charge in [-0.3, -0.25) is 10.2 Å². The van der Waals surface area contributed by atoms with Crippen molar-refractivity contribution in [3.8, 4) is 0 Å². The Kier molecular flexibility index (Phi) is 17.0. The quantitative estimate of drug-likeness (QED) is 0.268. The molecule has 5 N–H and O–H groups in total. The first-order valence-electron chi connectivity index (χ1n) is 3.09. The minimum Gasteiger partial charge on any atom is -0.481 e. The van der Waals surface area contributed by atoms with E-state index in [1.807, 2.05) is 0 Å². The highest BCUT2D eigenvalue weighted by Gasteiger charge is 1.73. The Bertz CT molecular complexity index is 169. The summed E-state index contributed by atoms with van der Waals surface area (Å²) < 4.78 is 0. The molecule has 0 aromatic carbocycles. The van der Waals surface area contributed by atoms with Gasteiger partial charge in [-0.05, 0) is 6.92 Å². The number of carboxylic acids is 2. The van der Waals surface area contributed by atoms with E-state index >= 15 is 0 Å². The van der Waals surface area contributed by atoms with E-state index in [2.05, 4.69) is 6.58 Å². The first kappa shape index (κ1) is 17.3. The molecule has 13 heavy (non-hydrogen) atoms. The van der Waals surface area contributed by atoms with Crippen LogP contribution in [0, 0.1) is 5.41 Å². The van der Waals surface area contributed by atoms with Crippen LogP contribution in [0.4, 0.5) is 0 Å². The van der Waals surface area contributed by atoms with Crippen molar-refractivity contribution in [2.45, 2.75) is 13.8 Å². The van der Waals surface area contributed by atoms with E-state index in [0.717, 1.165) is 13.0 Å². The maximum Gasteiger partial charge on any atom is 0.327 e. The van der Waals surface area contributed by atoms with Crippen molar-refractivity contribution >= 4 is 17.8 Å². The molecular formula is C7H14N2O4. The lowest BCUT2D eigenvalue weighted by Crippen LogP contribution is -2.00. The largest absolute Gasteiger partial charge is 0.481 e. The molecule has 0 aromatic rings. The van der Waals surface area contributed by atoms with Gasteiger partial charge in [0.1, 0.15) is 0 Å². The van der Waals surface area contributed by atoms with Crippen molar-refractivity contribution in [1.82, 2.24) is 0 Å². The second-order valence-corrected chi connectivity index (χ2v) is 1.74. The number of nitrogens with one attached hydrogen (secondary N) is 1. The number of carboxylic acid groups (broad SMARTS) is 2. The Morgan fingerprint density at radius 3 is 1.46 bits per heavy atom. The number of hydrogen-bond acceptors (Lipinski definition) is 3. The molecule has 0 rings (SSSR count). The van der Waals surface area contributed by atoms with Gasteiger partial charge >= 0.3 is 5.97 Å². The number of hydrogen-bond donors (Lipinski definition) is 4. The van der Waals surface area contributed by atoms with Gasteiger partial charge in [-0.25, -0.2) is 4.79 Å². The molecule has 0 saturated heterocycles. The molecule has 0 fully saturated rings. The maximum atomic E-state index is 9.25. The van der Waals surface area contributed by atoms with Gasteiger partial charge in [0.25, 0.3) is 5.97 Å². The topological polar surface area (TPSA) is 124 Å². The molecule has 6 nitrogen and oxygen atoms in total. The minimum absolute atomic E-state index is 0.167. The summed E-state index contributed by atoms with van der Waals surface area (Å²) in [5.41, 5.74) is 4.69. The van der Waals surface area contributed by atoms with Crippen LogP contribution in [0.2, 0.25) is 0 Å². The smallest absolute Gasteiger partial charge is 0.327 e. The van der Waals surface area contributed by atoms with E-state index in [-0.39, 0.29) is 5.84 Å². The molecule has 0 heterocycles. The molecular weight excluding hydrogens is 176 g/mol. The third-order valence-electron chi connectivity index (χ3n) is 0.175. The fraction of sp³-hybridized carbons (Fsp3) is 0.286. The Labute approximate surface area is 76.2 Å². The lowest BCUT2D eigenvalue weighted by atomic mass is 10.7. The van der Waals surface area contributed by atoms with E-state index < -0.39 is 11.9 Å². The molecule has 0 spiro atoms. The van der Waals surface area contributed by atoms with E-state index in [1.54, 1.807) is 0 Å². The average Bonchev–Trinajstić information content (AvgIpc) is 1.84. The minimum atomic E-state index is -0.981. The molecule has 0 atom stereocenters. The van der Waals surface area contributed by atoms with Gasteiger partial charge in [0.2, 0.25) is 0 Å². The van der Waals surface area contributed by atoms with Crippen LogP contribution in [0.1, 0.15) is 13.8 Å². The molecule has 0 aliphatic rings. The average molecular weight is 190 g/mol. The van der Waals surface area contributed by atoms with Crippen molar-refractivity contribution in [1.29, 1.82) is 5.41 Å². The summed E-state index contributed by atoms with van der Waals surface area (Å²) in [6.45, 7) is 5.57. The molecule has 0 aliphatic carbocycles. The van der Waals surface area contributed by atoms with Crippen LogP contribution in [0.15, 0.2) is 12.7 Å². The van der Waals surface area contributed by atoms with Gasteiger partial charge in [0.05, 0.1) is 5.84 Å². The van der Waals surface area contributed by atoms with E-state index in [1.165, 1.54) is 6.92 Å². The second-order valence-electron chi connectivity index (χ2n) is 1.74. The predicted octanol–water partition coefficient (Wildman–Crippen LogP) is 0.290. The second kappa shape index (κ2) is 12.8. The summed E-state index contributed by atoms with van der Waals surface area (Å²) in [4.78, 5) is 18.2. The normalized spacial score (nSPS) is 6.31. The zero-order valence-electron chi connectivity index (χ0n) is 7.57. The SMILES string of the molecule is C=CC(=O)O.CC(=N)N.CC(=O)O. The predicted molar refractivity (Wildman–Crippen MR) is 48.7 cm³/mol. The van der Waals surface area contributed by atoms with Gasteiger partial charge in [-0.15, -0.1) is 0 Å². The maximum absolute atomic E-state index is 9.25. The lowest BCUT2D eigenvalue weighted by molar-refractivity contribution is -0.134. The van der Waals surface area contributed by atoms with Crippen molar-refractivity contribution in [3.63, 3.8) is 0 Å². The van der Waals surface area contributed by atoms with Crippen LogP contribution in [-0.4, -0.2) is 28.0 Å². The molecule has 0 aliphatic heterocycles. The van der Waals surface area contributed by atoms with Crippen LogP contribution < -0.4 is 5.73 Å². The highest BCUT2D eigenvalue weighted by atomic mass is 16.4. The summed E-state index contributed by atoms with van der Waals surface area (Å²) in [6, 6.07) is 0. The molecule has 0 aromatic heterocycles. The summed E-state index contributed by atoms with van der Waals surface area (Å²) >= 11 is 0. The van der Waals surface area contributed by atoms with Crippen molar-refractivity contribution < 1.29 is 19.8 Å².